The lowest BCUT2D eigenvalue weighted by molar-refractivity contribution is -0.130. The van der Waals surface area contributed by atoms with Crippen LogP contribution in [-0.2, 0) is 4.79 Å². The van der Waals surface area contributed by atoms with Crippen LogP contribution >= 0.6 is 0 Å². The number of hydrogen-bond acceptors (Lipinski definition) is 3. The van der Waals surface area contributed by atoms with E-state index in [0.717, 1.165) is 26.1 Å². The van der Waals surface area contributed by atoms with Crippen LogP contribution in [-0.4, -0.2) is 63.0 Å². The van der Waals surface area contributed by atoms with E-state index in [1.54, 1.807) is 0 Å². The molecule has 1 aliphatic rings. The number of likely N-dealkylation sites (tertiary alicyclic amines) is 1. The summed E-state index contributed by atoms with van der Waals surface area (Å²) >= 11 is 0. The molecule has 1 aliphatic heterocycles. The van der Waals surface area contributed by atoms with Crippen molar-refractivity contribution in [3.8, 4) is 0 Å². The van der Waals surface area contributed by atoms with Crippen molar-refractivity contribution in [2.75, 3.05) is 47.3 Å². The average molecular weight is 199 g/mol. The van der Waals surface area contributed by atoms with Crippen molar-refractivity contribution in [3.63, 3.8) is 0 Å². The average Bonchev–Trinajstić information content (AvgIpc) is 2.52. The quantitative estimate of drug-likeness (QED) is 0.670. The third kappa shape index (κ3) is 3.27. The number of rotatable bonds is 4. The minimum Gasteiger partial charge on any atom is -0.341 e. The van der Waals surface area contributed by atoms with Crippen molar-refractivity contribution in [3.05, 3.63) is 0 Å². The summed E-state index contributed by atoms with van der Waals surface area (Å²) in [6.45, 7) is 3.41. The van der Waals surface area contributed by atoms with Gasteiger partial charge in [0.15, 0.2) is 0 Å². The molecule has 1 heterocycles. The van der Waals surface area contributed by atoms with E-state index in [9.17, 15) is 4.79 Å². The maximum atomic E-state index is 11.7. The number of carbonyl (C=O) groups is 1. The molecule has 0 aromatic rings. The first-order valence-electron chi connectivity index (χ1n) is 5.20. The molecule has 0 bridgehead atoms. The number of likely N-dealkylation sites (N-methyl/N-ethyl adjacent to an activating group) is 1. The van der Waals surface area contributed by atoms with Gasteiger partial charge in [0.2, 0.25) is 5.91 Å². The monoisotopic (exact) mass is 199 g/mol. The van der Waals surface area contributed by atoms with Crippen LogP contribution in [0.25, 0.3) is 0 Å². The van der Waals surface area contributed by atoms with Gasteiger partial charge in [-0.2, -0.15) is 0 Å². The van der Waals surface area contributed by atoms with Gasteiger partial charge in [-0.15, -0.1) is 0 Å². The first-order valence-corrected chi connectivity index (χ1v) is 5.20. The highest BCUT2D eigenvalue weighted by Crippen LogP contribution is 2.15. The van der Waals surface area contributed by atoms with Gasteiger partial charge in [0.25, 0.3) is 0 Å². The first-order chi connectivity index (χ1) is 6.63. The molecule has 0 spiro atoms. The normalized spacial score (nSPS) is 22.0. The zero-order chi connectivity index (χ0) is 10.6. The Labute approximate surface area is 86.2 Å². The standard InChI is InChI=1S/C10H21N3O/c1-11-6-9-4-5-13(7-9)10(14)8-12(2)3/h9,11H,4-8H2,1-3H3. The van der Waals surface area contributed by atoms with Crippen LogP contribution in [0.1, 0.15) is 6.42 Å². The fraction of sp³-hybridized carbons (Fsp3) is 0.900. The zero-order valence-electron chi connectivity index (χ0n) is 9.42. The van der Waals surface area contributed by atoms with Crippen LogP contribution < -0.4 is 5.32 Å². The fourth-order valence-electron chi connectivity index (χ4n) is 1.88. The molecule has 1 rings (SSSR count). The van der Waals surface area contributed by atoms with Gasteiger partial charge in [-0.25, -0.2) is 0 Å². The van der Waals surface area contributed by atoms with Crippen LogP contribution in [0.4, 0.5) is 0 Å². The number of nitrogens with zero attached hydrogens (tertiary/aromatic N) is 2. The first kappa shape index (κ1) is 11.5. The van der Waals surface area contributed by atoms with E-state index < -0.39 is 0 Å². The lowest BCUT2D eigenvalue weighted by Gasteiger charge is -2.18. The minimum atomic E-state index is 0.258. The van der Waals surface area contributed by atoms with Crippen LogP contribution in [0.2, 0.25) is 0 Å². The van der Waals surface area contributed by atoms with E-state index >= 15 is 0 Å². The summed E-state index contributed by atoms with van der Waals surface area (Å²) in [5, 5.41) is 3.16. The molecule has 1 N–H and O–H groups in total. The van der Waals surface area contributed by atoms with E-state index in [4.69, 9.17) is 0 Å². The molecule has 0 saturated carbocycles. The molecule has 14 heavy (non-hydrogen) atoms. The van der Waals surface area contributed by atoms with E-state index in [0.29, 0.717) is 12.5 Å². The fourth-order valence-corrected chi connectivity index (χ4v) is 1.88. The van der Waals surface area contributed by atoms with Crippen molar-refractivity contribution in [1.29, 1.82) is 0 Å². The molecule has 1 atom stereocenters. The molecular formula is C10H21N3O. The van der Waals surface area contributed by atoms with Crippen LogP contribution in [0.5, 0.6) is 0 Å². The lowest BCUT2D eigenvalue weighted by Crippen LogP contribution is -2.36. The molecular weight excluding hydrogens is 178 g/mol. The highest BCUT2D eigenvalue weighted by Gasteiger charge is 2.25. The lowest BCUT2D eigenvalue weighted by atomic mass is 10.1. The van der Waals surface area contributed by atoms with Crippen LogP contribution in [0, 0.1) is 5.92 Å². The van der Waals surface area contributed by atoms with E-state index in [-0.39, 0.29) is 5.91 Å². The predicted octanol–water partition coefficient (Wildman–Crippen LogP) is -0.384. The van der Waals surface area contributed by atoms with Crippen molar-refractivity contribution >= 4 is 5.91 Å². The van der Waals surface area contributed by atoms with Gasteiger partial charge >= 0.3 is 0 Å². The maximum absolute atomic E-state index is 11.7. The van der Waals surface area contributed by atoms with Crippen molar-refractivity contribution in [2.24, 2.45) is 5.92 Å². The molecule has 4 nitrogen and oxygen atoms in total. The highest BCUT2D eigenvalue weighted by molar-refractivity contribution is 5.78. The number of hydrogen-bond donors (Lipinski definition) is 1. The number of amides is 1. The van der Waals surface area contributed by atoms with Gasteiger partial charge in [-0.3, -0.25) is 4.79 Å². The third-order valence-electron chi connectivity index (χ3n) is 2.58. The molecule has 0 aliphatic carbocycles. The topological polar surface area (TPSA) is 35.6 Å². The second-order valence-electron chi connectivity index (χ2n) is 4.29. The Morgan fingerprint density at radius 3 is 2.86 bits per heavy atom. The summed E-state index contributed by atoms with van der Waals surface area (Å²) in [6.07, 6.45) is 1.14. The SMILES string of the molecule is CNCC1CCN(C(=O)CN(C)C)C1. The van der Waals surface area contributed by atoms with E-state index in [1.165, 1.54) is 0 Å². The van der Waals surface area contributed by atoms with Gasteiger partial charge in [-0.05, 0) is 40.0 Å². The molecule has 4 heteroatoms. The van der Waals surface area contributed by atoms with E-state index in [2.05, 4.69) is 5.32 Å². The molecule has 82 valence electrons. The largest absolute Gasteiger partial charge is 0.341 e. The molecule has 0 radical (unpaired) electrons. The third-order valence-corrected chi connectivity index (χ3v) is 2.58. The Bertz CT molecular complexity index is 194. The summed E-state index contributed by atoms with van der Waals surface area (Å²) in [5.41, 5.74) is 0. The second kappa shape index (κ2) is 5.32. The smallest absolute Gasteiger partial charge is 0.236 e. The number of nitrogens with one attached hydrogen (secondary N) is 1. The molecule has 0 aromatic heterocycles. The summed E-state index contributed by atoms with van der Waals surface area (Å²) in [7, 11) is 5.82. The van der Waals surface area contributed by atoms with Crippen molar-refractivity contribution in [2.45, 2.75) is 6.42 Å². The predicted molar refractivity (Wildman–Crippen MR) is 57.2 cm³/mol. The Kier molecular flexibility index (Phi) is 4.35. The summed E-state index contributed by atoms with van der Waals surface area (Å²) in [6, 6.07) is 0. The van der Waals surface area contributed by atoms with Crippen LogP contribution in [0.3, 0.4) is 0 Å². The molecule has 1 fully saturated rings. The van der Waals surface area contributed by atoms with E-state index in [1.807, 2.05) is 30.9 Å². The number of carbonyl (C=O) groups excluding carboxylic acids is 1. The maximum Gasteiger partial charge on any atom is 0.236 e. The Morgan fingerprint density at radius 2 is 2.29 bits per heavy atom. The summed E-state index contributed by atoms with van der Waals surface area (Å²) < 4.78 is 0. The van der Waals surface area contributed by atoms with Crippen LogP contribution in [0.15, 0.2) is 0 Å². The Hall–Kier alpha value is -0.610. The molecule has 1 saturated heterocycles. The highest BCUT2D eigenvalue weighted by atomic mass is 16.2. The minimum absolute atomic E-state index is 0.258. The molecule has 0 aromatic carbocycles. The molecule has 1 unspecified atom stereocenters. The summed E-state index contributed by atoms with van der Waals surface area (Å²) in [4.78, 5) is 15.6. The van der Waals surface area contributed by atoms with Gasteiger partial charge in [-0.1, -0.05) is 0 Å². The van der Waals surface area contributed by atoms with Gasteiger partial charge in [0, 0.05) is 13.1 Å². The van der Waals surface area contributed by atoms with Gasteiger partial charge in [0.05, 0.1) is 6.54 Å². The Balaban J connectivity index is 2.30. The van der Waals surface area contributed by atoms with Gasteiger partial charge in [0.1, 0.15) is 0 Å². The van der Waals surface area contributed by atoms with Crippen molar-refractivity contribution < 1.29 is 4.79 Å². The second-order valence-corrected chi connectivity index (χ2v) is 4.29. The zero-order valence-corrected chi connectivity index (χ0v) is 9.42. The Morgan fingerprint density at radius 1 is 1.57 bits per heavy atom. The summed E-state index contributed by atoms with van der Waals surface area (Å²) in [5.74, 6) is 0.903. The van der Waals surface area contributed by atoms with Crippen molar-refractivity contribution in [1.82, 2.24) is 15.1 Å². The molecule has 1 amide bonds. The van der Waals surface area contributed by atoms with Gasteiger partial charge < -0.3 is 15.1 Å².